The van der Waals surface area contributed by atoms with Gasteiger partial charge in [-0.05, 0) is 0 Å². The van der Waals surface area contributed by atoms with Gasteiger partial charge in [0.25, 0.3) is 0 Å². The number of hydrogen-bond donors (Lipinski definition) is 3. The predicted octanol–water partition coefficient (Wildman–Crippen LogP) is -5.12. The first kappa shape index (κ1) is 21.7. The summed E-state index contributed by atoms with van der Waals surface area (Å²) in [7, 11) is -10.0. The standard InChI is InChI=1S/K.H2O8S2.H2O3S/c;1-9(2,3)7-8-10(4,5)6;1-4(2)3/h;(H,1,2,3)(H,4,5,6);(H2,1,2,3)/q+1;;/p-1. The minimum absolute atomic E-state index is 0. The zero-order valence-corrected chi connectivity index (χ0v) is 12.4. The van der Waals surface area contributed by atoms with E-state index in [1.807, 2.05) is 0 Å². The van der Waals surface area contributed by atoms with Gasteiger partial charge in [-0.2, -0.15) is 16.8 Å². The van der Waals surface area contributed by atoms with Gasteiger partial charge < -0.3 is 9.11 Å². The number of rotatable bonds is 3. The Kier molecular flexibility index (Phi) is 13.7. The minimum Gasteiger partial charge on any atom is -0.750 e. The molecule has 0 aliphatic heterocycles. The van der Waals surface area contributed by atoms with Gasteiger partial charge in [-0.1, -0.05) is 8.67 Å². The Hall–Kier alpha value is 1.45. The average Bonchev–Trinajstić information content (AvgIpc) is 1.79. The molecule has 0 saturated carbocycles. The maximum atomic E-state index is 9.51. The summed E-state index contributed by atoms with van der Waals surface area (Å²) in [5, 5.41) is 0. The summed E-state index contributed by atoms with van der Waals surface area (Å²) in [6.07, 6.45) is 0. The Morgan fingerprint density at radius 3 is 1.20 bits per heavy atom. The van der Waals surface area contributed by atoms with Crippen molar-refractivity contribution in [1.29, 1.82) is 0 Å². The fourth-order valence-corrected chi connectivity index (χ4v) is 0.632. The summed E-state index contributed by atoms with van der Waals surface area (Å²) in [6.45, 7) is 0. The van der Waals surface area contributed by atoms with Crippen LogP contribution in [0.2, 0.25) is 0 Å². The molecular formula is H3KO11S3. The van der Waals surface area contributed by atoms with Crippen molar-refractivity contribution in [3.8, 4) is 0 Å². The van der Waals surface area contributed by atoms with Crippen molar-refractivity contribution in [2.45, 2.75) is 0 Å². The first-order chi connectivity index (χ1) is 5.94. The van der Waals surface area contributed by atoms with E-state index in [0.29, 0.717) is 0 Å². The second kappa shape index (κ2) is 9.47. The molecule has 0 fully saturated rings. The van der Waals surface area contributed by atoms with E-state index in [2.05, 4.69) is 8.67 Å². The molecule has 0 saturated heterocycles. The predicted molar refractivity (Wildman–Crippen MR) is 36.8 cm³/mol. The van der Waals surface area contributed by atoms with Gasteiger partial charge >= 0.3 is 72.2 Å². The van der Waals surface area contributed by atoms with Gasteiger partial charge in [0.1, 0.15) is 0 Å². The Labute approximate surface area is 130 Å². The molecule has 0 amide bonds. The molecule has 0 rings (SSSR count). The van der Waals surface area contributed by atoms with Crippen LogP contribution in [-0.4, -0.2) is 39.3 Å². The van der Waals surface area contributed by atoms with Gasteiger partial charge in [0.15, 0.2) is 0 Å². The zero-order chi connectivity index (χ0) is 12.0. The summed E-state index contributed by atoms with van der Waals surface area (Å²) in [6, 6.07) is 0. The molecule has 0 aromatic heterocycles. The topological polar surface area (TPSA) is 188 Å². The third-order valence-corrected chi connectivity index (χ3v) is 0.766. The molecule has 0 aliphatic carbocycles. The van der Waals surface area contributed by atoms with Crippen molar-refractivity contribution < 1.29 is 99.3 Å². The van der Waals surface area contributed by atoms with Crippen molar-refractivity contribution in [3.63, 3.8) is 0 Å². The van der Waals surface area contributed by atoms with Gasteiger partial charge in [0, 0.05) is 0 Å². The molecule has 1 unspecified atom stereocenters. The van der Waals surface area contributed by atoms with Gasteiger partial charge in [-0.3, -0.25) is 9.11 Å². The van der Waals surface area contributed by atoms with E-state index in [1.165, 1.54) is 0 Å². The first-order valence-corrected chi connectivity index (χ1v) is 5.81. The Morgan fingerprint density at radius 1 is 1.00 bits per heavy atom. The summed E-state index contributed by atoms with van der Waals surface area (Å²) < 4.78 is 83.0. The van der Waals surface area contributed by atoms with E-state index in [-0.39, 0.29) is 51.4 Å². The molecule has 15 heteroatoms. The van der Waals surface area contributed by atoms with E-state index >= 15 is 0 Å². The van der Waals surface area contributed by atoms with Crippen LogP contribution in [0.25, 0.3) is 0 Å². The molecular weight excluding hydrogens is 311 g/mol. The molecule has 15 heavy (non-hydrogen) atoms. The van der Waals surface area contributed by atoms with E-state index in [1.54, 1.807) is 0 Å². The van der Waals surface area contributed by atoms with Gasteiger partial charge in [0.2, 0.25) is 0 Å². The van der Waals surface area contributed by atoms with E-state index < -0.39 is 32.2 Å². The quantitative estimate of drug-likeness (QED) is 0.148. The zero-order valence-electron chi connectivity index (χ0n) is 6.83. The summed E-state index contributed by atoms with van der Waals surface area (Å²) in [5.41, 5.74) is 0. The van der Waals surface area contributed by atoms with Crippen LogP contribution < -0.4 is 51.4 Å². The number of hydrogen-bond acceptors (Lipinski definition) is 8. The van der Waals surface area contributed by atoms with Crippen LogP contribution in [0.3, 0.4) is 0 Å². The maximum absolute atomic E-state index is 9.51. The summed E-state index contributed by atoms with van der Waals surface area (Å²) >= 11 is -2.86. The Bertz CT molecular complexity index is 323. The first-order valence-electron chi connectivity index (χ1n) is 2.05. The normalized spacial score (nSPS) is 13.1. The van der Waals surface area contributed by atoms with Crippen LogP contribution >= 0.6 is 0 Å². The van der Waals surface area contributed by atoms with Crippen LogP contribution in [0.1, 0.15) is 0 Å². The van der Waals surface area contributed by atoms with Crippen LogP contribution in [0.5, 0.6) is 0 Å². The Morgan fingerprint density at radius 2 is 1.13 bits per heavy atom. The molecule has 0 spiro atoms. The fourth-order valence-electron chi connectivity index (χ4n) is 0.0702. The molecule has 11 nitrogen and oxygen atoms in total. The van der Waals surface area contributed by atoms with Gasteiger partial charge in [-0.25, -0.2) is 4.21 Å². The molecule has 3 N–H and O–H groups in total. The third kappa shape index (κ3) is 39.1. The molecule has 88 valence electrons. The third-order valence-electron chi connectivity index (χ3n) is 0.200. The summed E-state index contributed by atoms with van der Waals surface area (Å²) in [5.74, 6) is 0. The van der Waals surface area contributed by atoms with Crippen LogP contribution in [-0.2, 0) is 40.8 Å². The molecule has 0 aliphatic rings. The molecule has 0 heterocycles. The van der Waals surface area contributed by atoms with E-state index in [9.17, 15) is 16.8 Å². The van der Waals surface area contributed by atoms with Crippen molar-refractivity contribution in [2.24, 2.45) is 0 Å². The van der Waals surface area contributed by atoms with Crippen LogP contribution in [0, 0.1) is 0 Å². The van der Waals surface area contributed by atoms with Crippen LogP contribution in [0.15, 0.2) is 0 Å². The summed E-state index contributed by atoms with van der Waals surface area (Å²) in [4.78, 5) is 0. The average molecular weight is 314 g/mol. The monoisotopic (exact) mass is 314 g/mol. The van der Waals surface area contributed by atoms with Crippen LogP contribution in [0.4, 0.5) is 0 Å². The second-order valence-corrected chi connectivity index (χ2v) is 3.63. The second-order valence-electron chi connectivity index (χ2n) is 1.21. The largest absolute Gasteiger partial charge is 1.00 e. The molecule has 0 bridgehead atoms. The fraction of sp³-hybridized carbons (Fsp3) is 0. The molecule has 0 radical (unpaired) electrons. The van der Waals surface area contributed by atoms with E-state index in [4.69, 9.17) is 22.4 Å². The minimum atomic E-state index is -5.02. The van der Waals surface area contributed by atoms with Gasteiger partial charge in [0.05, 0.1) is 11.4 Å². The molecule has 0 aromatic carbocycles. The molecule has 0 aromatic rings. The smallest absolute Gasteiger partial charge is 0.750 e. The van der Waals surface area contributed by atoms with Crippen molar-refractivity contribution in [1.82, 2.24) is 0 Å². The molecule has 1 atom stereocenters. The van der Waals surface area contributed by atoms with E-state index in [0.717, 1.165) is 0 Å². The SMILES string of the molecule is O=S(=O)(O)OOS(=O)(=O)O.O=S([O-])O.[K+]. The van der Waals surface area contributed by atoms with Crippen molar-refractivity contribution in [3.05, 3.63) is 0 Å². The maximum Gasteiger partial charge on any atom is 1.00 e. The van der Waals surface area contributed by atoms with Crippen molar-refractivity contribution >= 4 is 32.2 Å². The van der Waals surface area contributed by atoms with Crippen molar-refractivity contribution in [2.75, 3.05) is 0 Å². The Balaban J connectivity index is -0.000000249. The van der Waals surface area contributed by atoms with Gasteiger partial charge in [-0.15, -0.1) is 0 Å².